The molecular weight excluding hydrogens is 178 g/mol. The summed E-state index contributed by atoms with van der Waals surface area (Å²) in [5.74, 6) is 0. The third-order valence-electron chi connectivity index (χ3n) is 1.57. The minimum absolute atomic E-state index is 1.15. The SMILES string of the molecule is Cc1ccc([NH+](C)SCl)cc1. The molecule has 60 valence electrons. The maximum Gasteiger partial charge on any atom is 0.191 e. The van der Waals surface area contributed by atoms with Crippen LogP contribution >= 0.6 is 21.8 Å². The molecule has 0 bridgehead atoms. The van der Waals surface area contributed by atoms with Crippen molar-refractivity contribution in [3.05, 3.63) is 29.8 Å². The van der Waals surface area contributed by atoms with E-state index in [1.165, 1.54) is 22.4 Å². The first-order valence-corrected chi connectivity index (χ1v) is 5.07. The van der Waals surface area contributed by atoms with Crippen LogP contribution in [0.4, 0.5) is 5.69 Å². The zero-order valence-electron chi connectivity index (χ0n) is 6.60. The van der Waals surface area contributed by atoms with Crippen LogP contribution in [0.2, 0.25) is 0 Å². The number of hydrogen-bond donors (Lipinski definition) is 1. The van der Waals surface area contributed by atoms with Crippen molar-refractivity contribution < 1.29 is 4.31 Å². The molecule has 1 unspecified atom stereocenters. The highest BCUT2D eigenvalue weighted by Gasteiger charge is 2.04. The van der Waals surface area contributed by atoms with Gasteiger partial charge >= 0.3 is 0 Å². The summed E-state index contributed by atoms with van der Waals surface area (Å²) in [6.45, 7) is 2.08. The molecule has 0 fully saturated rings. The van der Waals surface area contributed by atoms with Crippen molar-refractivity contribution in [2.24, 2.45) is 0 Å². The Kier molecular flexibility index (Phi) is 3.24. The van der Waals surface area contributed by atoms with Crippen LogP contribution in [0.1, 0.15) is 5.56 Å². The van der Waals surface area contributed by atoms with E-state index in [0.29, 0.717) is 0 Å². The van der Waals surface area contributed by atoms with Crippen molar-refractivity contribution in [2.45, 2.75) is 6.92 Å². The van der Waals surface area contributed by atoms with Crippen molar-refractivity contribution in [1.29, 1.82) is 0 Å². The first kappa shape index (κ1) is 8.91. The van der Waals surface area contributed by atoms with Crippen molar-refractivity contribution in [2.75, 3.05) is 7.05 Å². The molecule has 0 amide bonds. The summed E-state index contributed by atoms with van der Waals surface area (Å²) >= 11 is 1.27. The minimum Gasteiger partial charge on any atom is -0.229 e. The lowest BCUT2D eigenvalue weighted by Gasteiger charge is -2.05. The first-order valence-electron chi connectivity index (χ1n) is 3.43. The molecule has 1 N–H and O–H groups in total. The van der Waals surface area contributed by atoms with Crippen LogP contribution in [0, 0.1) is 6.92 Å². The van der Waals surface area contributed by atoms with E-state index in [1.807, 2.05) is 7.05 Å². The van der Waals surface area contributed by atoms with Gasteiger partial charge in [0.25, 0.3) is 0 Å². The van der Waals surface area contributed by atoms with Gasteiger partial charge in [-0.2, -0.15) is 0 Å². The van der Waals surface area contributed by atoms with Gasteiger partial charge in [0.15, 0.2) is 11.2 Å². The normalized spacial score (nSPS) is 13.0. The molecule has 0 radical (unpaired) electrons. The number of nitrogens with one attached hydrogen (secondary N) is 1. The number of hydrogen-bond acceptors (Lipinski definition) is 1. The second-order valence-electron chi connectivity index (χ2n) is 2.50. The Labute approximate surface area is 76.0 Å². The van der Waals surface area contributed by atoms with Gasteiger partial charge in [-0.05, 0) is 6.92 Å². The maximum absolute atomic E-state index is 5.61. The molecular formula is C8H11ClNS+. The van der Waals surface area contributed by atoms with Gasteiger partial charge in [-0.1, -0.05) is 17.7 Å². The Morgan fingerprint density at radius 2 is 1.82 bits per heavy atom. The van der Waals surface area contributed by atoms with Gasteiger partial charge in [-0.3, -0.25) is 0 Å². The molecule has 0 spiro atoms. The fourth-order valence-corrected chi connectivity index (χ4v) is 1.33. The Morgan fingerprint density at radius 3 is 2.27 bits per heavy atom. The first-order chi connectivity index (χ1) is 5.24. The van der Waals surface area contributed by atoms with E-state index in [9.17, 15) is 0 Å². The smallest absolute Gasteiger partial charge is 0.191 e. The fourth-order valence-electron chi connectivity index (χ4n) is 0.833. The van der Waals surface area contributed by atoms with E-state index in [4.69, 9.17) is 10.7 Å². The van der Waals surface area contributed by atoms with E-state index in [2.05, 4.69) is 31.2 Å². The van der Waals surface area contributed by atoms with E-state index >= 15 is 0 Å². The average Bonchev–Trinajstić information content (AvgIpc) is 2.05. The summed E-state index contributed by atoms with van der Waals surface area (Å²) in [6.07, 6.45) is 0. The third-order valence-corrected chi connectivity index (χ3v) is 2.74. The number of rotatable bonds is 2. The second-order valence-corrected chi connectivity index (χ2v) is 3.73. The summed E-state index contributed by atoms with van der Waals surface area (Å²) in [7, 11) is 7.62. The molecule has 0 saturated carbocycles. The molecule has 1 aromatic carbocycles. The lowest BCUT2D eigenvalue weighted by Crippen LogP contribution is -2.95. The van der Waals surface area contributed by atoms with Crippen molar-refractivity contribution >= 4 is 27.5 Å². The highest BCUT2D eigenvalue weighted by Crippen LogP contribution is 2.06. The van der Waals surface area contributed by atoms with Crippen molar-refractivity contribution in [1.82, 2.24) is 0 Å². The molecule has 1 atom stereocenters. The van der Waals surface area contributed by atoms with Crippen molar-refractivity contribution in [3.8, 4) is 0 Å². The predicted molar refractivity (Wildman–Crippen MR) is 51.2 cm³/mol. The van der Waals surface area contributed by atoms with Crippen molar-refractivity contribution in [3.63, 3.8) is 0 Å². The predicted octanol–water partition coefficient (Wildman–Crippen LogP) is 1.94. The quantitative estimate of drug-likeness (QED) is 0.696. The number of quaternary nitrogens is 1. The third kappa shape index (κ3) is 2.40. The van der Waals surface area contributed by atoms with Gasteiger partial charge in [0.2, 0.25) is 0 Å². The highest BCUT2D eigenvalue weighted by atomic mass is 35.7. The molecule has 0 heterocycles. The number of benzene rings is 1. The van der Waals surface area contributed by atoms with Crippen LogP contribution in [0.3, 0.4) is 0 Å². The molecule has 1 aromatic rings. The van der Waals surface area contributed by atoms with Crippen LogP contribution in [-0.4, -0.2) is 7.05 Å². The van der Waals surface area contributed by atoms with Gasteiger partial charge < -0.3 is 0 Å². The Bertz CT molecular complexity index is 222. The average molecular weight is 189 g/mol. The lowest BCUT2D eigenvalue weighted by atomic mass is 10.2. The van der Waals surface area contributed by atoms with Crippen LogP contribution < -0.4 is 4.31 Å². The summed E-state index contributed by atoms with van der Waals surface area (Å²) in [4.78, 5) is 0. The van der Waals surface area contributed by atoms with Gasteiger partial charge in [-0.15, -0.1) is 0 Å². The fraction of sp³-hybridized carbons (Fsp3) is 0.250. The van der Waals surface area contributed by atoms with Gasteiger partial charge in [0, 0.05) is 22.8 Å². The Hall–Kier alpha value is -0.180. The Morgan fingerprint density at radius 1 is 1.27 bits per heavy atom. The van der Waals surface area contributed by atoms with Crippen LogP contribution in [0.25, 0.3) is 0 Å². The van der Waals surface area contributed by atoms with E-state index in [0.717, 1.165) is 4.31 Å². The van der Waals surface area contributed by atoms with E-state index in [1.54, 1.807) is 0 Å². The molecule has 0 aliphatic carbocycles. The monoisotopic (exact) mass is 188 g/mol. The summed E-state index contributed by atoms with van der Waals surface area (Å²) in [6, 6.07) is 8.35. The summed E-state index contributed by atoms with van der Waals surface area (Å²) in [5, 5.41) is 0. The second kappa shape index (κ2) is 4.00. The Balaban J connectivity index is 2.81. The summed E-state index contributed by atoms with van der Waals surface area (Å²) < 4.78 is 1.15. The standard InChI is InChI=1S/C8H10ClNS/c1-7-3-5-8(6-4-7)10(2)11-9/h3-6H,1-2H3/p+1. The minimum atomic E-state index is 1.15. The molecule has 0 aromatic heterocycles. The molecule has 0 aliphatic heterocycles. The molecule has 11 heavy (non-hydrogen) atoms. The van der Waals surface area contributed by atoms with E-state index < -0.39 is 0 Å². The molecule has 3 heteroatoms. The van der Waals surface area contributed by atoms with Gasteiger partial charge in [0.05, 0.1) is 7.05 Å². The largest absolute Gasteiger partial charge is 0.229 e. The van der Waals surface area contributed by atoms with E-state index in [-0.39, 0.29) is 0 Å². The molecule has 0 saturated heterocycles. The zero-order valence-corrected chi connectivity index (χ0v) is 8.17. The lowest BCUT2D eigenvalue weighted by molar-refractivity contribution is -0.647. The highest BCUT2D eigenvalue weighted by molar-refractivity contribution is 8.16. The molecule has 1 nitrogen and oxygen atoms in total. The topological polar surface area (TPSA) is 4.44 Å². The molecule has 0 aliphatic rings. The van der Waals surface area contributed by atoms with Crippen LogP contribution in [0.5, 0.6) is 0 Å². The molecule has 1 rings (SSSR count). The van der Waals surface area contributed by atoms with Crippen LogP contribution in [-0.2, 0) is 0 Å². The number of halogens is 1. The van der Waals surface area contributed by atoms with Gasteiger partial charge in [0.1, 0.15) is 5.69 Å². The summed E-state index contributed by atoms with van der Waals surface area (Å²) in [5.41, 5.74) is 2.48. The number of aryl methyl sites for hydroxylation is 1. The van der Waals surface area contributed by atoms with Gasteiger partial charge in [-0.25, -0.2) is 4.31 Å². The van der Waals surface area contributed by atoms with Crippen LogP contribution in [0.15, 0.2) is 24.3 Å². The maximum atomic E-state index is 5.61. The zero-order chi connectivity index (χ0) is 8.27.